The molecule has 6 nitrogen and oxygen atoms in total. The predicted octanol–water partition coefficient (Wildman–Crippen LogP) is 2.02. The van der Waals surface area contributed by atoms with E-state index in [0.29, 0.717) is 0 Å². The van der Waals surface area contributed by atoms with Crippen molar-refractivity contribution in [2.24, 2.45) is 0 Å². The fraction of sp³-hybridized carbons (Fsp3) is 0.450. The number of esters is 1. The summed E-state index contributed by atoms with van der Waals surface area (Å²) in [5.41, 5.74) is 0.885. The number of carbonyl (C=O) groups is 1. The first-order valence-electron chi connectivity index (χ1n) is 8.76. The third-order valence-corrected chi connectivity index (χ3v) is 5.17. The van der Waals surface area contributed by atoms with E-state index in [1.54, 1.807) is 7.11 Å². The molecule has 2 saturated heterocycles. The summed E-state index contributed by atoms with van der Waals surface area (Å²) in [7, 11) is 1.64. The lowest BCUT2D eigenvalue weighted by Crippen LogP contribution is -2.35. The second-order valence-corrected chi connectivity index (χ2v) is 6.83. The molecule has 5 atom stereocenters. The van der Waals surface area contributed by atoms with E-state index >= 15 is 0 Å². The predicted molar refractivity (Wildman–Crippen MR) is 94.3 cm³/mol. The molecule has 0 bridgehead atoms. The molecule has 2 fully saturated rings. The normalized spacial score (nSPS) is 28.7. The molecule has 0 amide bonds. The smallest absolute Gasteiger partial charge is 0.313 e. The average Bonchev–Trinajstić information content (AvgIpc) is 3.23. The zero-order chi connectivity index (χ0) is 18.3. The minimum Gasteiger partial charge on any atom is -0.497 e. The van der Waals surface area contributed by atoms with Crippen molar-refractivity contribution in [3.05, 3.63) is 42.0 Å². The summed E-state index contributed by atoms with van der Waals surface area (Å²) in [5, 5.41) is 11.9. The molecule has 4 rings (SSSR count). The Hall–Kier alpha value is -2.15. The molecule has 2 aromatic carbocycles. The molecule has 0 spiro atoms. The van der Waals surface area contributed by atoms with Crippen LogP contribution in [-0.2, 0) is 19.0 Å². The number of hydrogen-bond donors (Lipinski definition) is 1. The zero-order valence-corrected chi connectivity index (χ0v) is 14.8. The van der Waals surface area contributed by atoms with E-state index in [1.165, 1.54) is 0 Å². The second-order valence-electron chi connectivity index (χ2n) is 6.83. The van der Waals surface area contributed by atoms with Gasteiger partial charge in [-0.3, -0.25) is 4.79 Å². The van der Waals surface area contributed by atoms with Gasteiger partial charge < -0.3 is 24.1 Å². The standard InChI is InChI=1S/C20H22O6/c1-11(12-3-4-14-8-15(23-2)6-5-13(14)7-12)20(22)26-17-10-25-18-16(21)9-24-19(17)18/h3-8,11,16-19,21H,9-10H2,1-2H3/t11?,16-,17-,18-,19-/m1/s1. The van der Waals surface area contributed by atoms with Crippen LogP contribution in [0.5, 0.6) is 5.75 Å². The average molecular weight is 358 g/mol. The Labute approximate surface area is 151 Å². The van der Waals surface area contributed by atoms with Gasteiger partial charge in [0.15, 0.2) is 6.10 Å². The Bertz CT molecular complexity index is 819. The molecule has 26 heavy (non-hydrogen) atoms. The van der Waals surface area contributed by atoms with E-state index in [-0.39, 0.29) is 25.3 Å². The number of aliphatic hydroxyl groups excluding tert-OH is 1. The highest BCUT2D eigenvalue weighted by atomic mass is 16.6. The summed E-state index contributed by atoms with van der Waals surface area (Å²) >= 11 is 0. The Kier molecular flexibility index (Phi) is 4.56. The van der Waals surface area contributed by atoms with Crippen LogP contribution < -0.4 is 4.74 Å². The van der Waals surface area contributed by atoms with Crippen LogP contribution in [-0.4, -0.2) is 55.8 Å². The van der Waals surface area contributed by atoms with Gasteiger partial charge in [-0.05, 0) is 35.4 Å². The Balaban J connectivity index is 1.47. The summed E-state index contributed by atoms with van der Waals surface area (Å²) in [6, 6.07) is 11.7. The molecule has 2 aromatic rings. The second kappa shape index (κ2) is 6.87. The minimum atomic E-state index is -0.654. The molecular weight excluding hydrogens is 336 g/mol. The molecule has 6 heteroatoms. The lowest BCUT2D eigenvalue weighted by atomic mass is 9.97. The fourth-order valence-corrected chi connectivity index (χ4v) is 3.57. The number of hydrogen-bond acceptors (Lipinski definition) is 6. The first kappa shape index (κ1) is 17.3. The largest absolute Gasteiger partial charge is 0.497 e. The number of fused-ring (bicyclic) bond motifs is 2. The molecule has 2 aliphatic rings. The van der Waals surface area contributed by atoms with Crippen molar-refractivity contribution < 1.29 is 28.8 Å². The quantitative estimate of drug-likeness (QED) is 0.843. The van der Waals surface area contributed by atoms with E-state index in [9.17, 15) is 9.90 Å². The first-order valence-corrected chi connectivity index (χ1v) is 8.76. The number of rotatable bonds is 4. The van der Waals surface area contributed by atoms with E-state index in [4.69, 9.17) is 18.9 Å². The van der Waals surface area contributed by atoms with E-state index in [0.717, 1.165) is 22.1 Å². The van der Waals surface area contributed by atoms with Gasteiger partial charge in [0.1, 0.15) is 24.1 Å². The van der Waals surface area contributed by atoms with E-state index in [1.807, 2.05) is 43.3 Å². The molecule has 0 aromatic heterocycles. The van der Waals surface area contributed by atoms with Gasteiger partial charge in [-0.25, -0.2) is 0 Å². The maximum Gasteiger partial charge on any atom is 0.313 e. The zero-order valence-electron chi connectivity index (χ0n) is 14.8. The highest BCUT2D eigenvalue weighted by molar-refractivity contribution is 5.86. The topological polar surface area (TPSA) is 74.2 Å². The van der Waals surface area contributed by atoms with Gasteiger partial charge in [-0.15, -0.1) is 0 Å². The van der Waals surface area contributed by atoms with Crippen LogP contribution in [0.3, 0.4) is 0 Å². The van der Waals surface area contributed by atoms with Crippen molar-refractivity contribution in [2.75, 3.05) is 20.3 Å². The molecule has 138 valence electrons. The lowest BCUT2D eigenvalue weighted by Gasteiger charge is -2.19. The van der Waals surface area contributed by atoms with Crippen LogP contribution >= 0.6 is 0 Å². The molecule has 0 radical (unpaired) electrons. The summed E-state index contributed by atoms with van der Waals surface area (Å²) in [6.07, 6.45) is -1.92. The fourth-order valence-electron chi connectivity index (χ4n) is 3.57. The van der Waals surface area contributed by atoms with Crippen LogP contribution in [0.4, 0.5) is 0 Å². The Morgan fingerprint density at radius 2 is 1.85 bits per heavy atom. The van der Waals surface area contributed by atoms with Crippen molar-refractivity contribution >= 4 is 16.7 Å². The van der Waals surface area contributed by atoms with Gasteiger partial charge >= 0.3 is 5.97 Å². The summed E-state index contributed by atoms with van der Waals surface area (Å²) < 4.78 is 21.9. The number of benzene rings is 2. The molecular formula is C20H22O6. The monoisotopic (exact) mass is 358 g/mol. The number of carbonyl (C=O) groups excluding carboxylic acids is 1. The third-order valence-electron chi connectivity index (χ3n) is 5.17. The van der Waals surface area contributed by atoms with Gasteiger partial charge in [-0.2, -0.15) is 0 Å². The SMILES string of the molecule is COc1ccc2cc(C(C)C(=O)O[C@@H]3CO[C@H]4[C@@H]3OC[C@H]4O)ccc2c1. The summed E-state index contributed by atoms with van der Waals surface area (Å²) in [4.78, 5) is 12.6. The molecule has 1 N–H and O–H groups in total. The van der Waals surface area contributed by atoms with Crippen LogP contribution in [0.25, 0.3) is 10.8 Å². The Morgan fingerprint density at radius 1 is 1.12 bits per heavy atom. The van der Waals surface area contributed by atoms with Crippen molar-refractivity contribution in [1.82, 2.24) is 0 Å². The van der Waals surface area contributed by atoms with Crippen molar-refractivity contribution in [1.29, 1.82) is 0 Å². The maximum atomic E-state index is 12.6. The van der Waals surface area contributed by atoms with Gasteiger partial charge in [0.05, 0.1) is 26.2 Å². The van der Waals surface area contributed by atoms with Gasteiger partial charge in [0, 0.05) is 0 Å². The summed E-state index contributed by atoms with van der Waals surface area (Å²) in [6.45, 7) is 2.29. The highest BCUT2D eigenvalue weighted by Gasteiger charge is 2.49. The highest BCUT2D eigenvalue weighted by Crippen LogP contribution is 2.31. The Morgan fingerprint density at radius 3 is 2.65 bits per heavy atom. The van der Waals surface area contributed by atoms with Gasteiger partial charge in [-0.1, -0.05) is 24.3 Å². The van der Waals surface area contributed by atoms with Crippen molar-refractivity contribution in [3.8, 4) is 5.75 Å². The van der Waals surface area contributed by atoms with Gasteiger partial charge in [0.2, 0.25) is 0 Å². The lowest BCUT2D eigenvalue weighted by molar-refractivity contribution is -0.155. The number of methoxy groups -OCH3 is 1. The van der Waals surface area contributed by atoms with Gasteiger partial charge in [0.25, 0.3) is 0 Å². The van der Waals surface area contributed by atoms with Crippen molar-refractivity contribution in [3.63, 3.8) is 0 Å². The third kappa shape index (κ3) is 3.05. The molecule has 0 saturated carbocycles. The number of ether oxygens (including phenoxy) is 4. The van der Waals surface area contributed by atoms with Crippen LogP contribution in [0.15, 0.2) is 36.4 Å². The maximum absolute atomic E-state index is 12.6. The van der Waals surface area contributed by atoms with Crippen LogP contribution in [0.2, 0.25) is 0 Å². The molecule has 1 unspecified atom stereocenters. The van der Waals surface area contributed by atoms with Crippen LogP contribution in [0, 0.1) is 0 Å². The molecule has 2 aliphatic heterocycles. The van der Waals surface area contributed by atoms with Crippen LogP contribution in [0.1, 0.15) is 18.4 Å². The number of aliphatic hydroxyl groups is 1. The van der Waals surface area contributed by atoms with Crippen molar-refractivity contribution in [2.45, 2.75) is 37.3 Å². The molecule has 2 heterocycles. The van der Waals surface area contributed by atoms with E-state index < -0.39 is 24.2 Å². The minimum absolute atomic E-state index is 0.215. The van der Waals surface area contributed by atoms with E-state index in [2.05, 4.69) is 0 Å². The first-order chi connectivity index (χ1) is 12.6. The molecule has 0 aliphatic carbocycles. The summed E-state index contributed by atoms with van der Waals surface area (Å²) in [5.74, 6) is 0.0660.